The predicted octanol–water partition coefficient (Wildman–Crippen LogP) is 0.423. The molecule has 0 saturated carbocycles. The van der Waals surface area contributed by atoms with Crippen molar-refractivity contribution in [2.75, 3.05) is 24.6 Å². The molecule has 2 unspecified atom stereocenters. The second kappa shape index (κ2) is 6.34. The van der Waals surface area contributed by atoms with E-state index in [1.54, 1.807) is 0 Å². The van der Waals surface area contributed by atoms with Gasteiger partial charge < -0.3 is 16.0 Å². The molecule has 1 aliphatic heterocycles. The average Bonchev–Trinajstić information content (AvgIpc) is 2.43. The molecule has 21 heavy (non-hydrogen) atoms. The highest BCUT2D eigenvalue weighted by molar-refractivity contribution is 5.60. The van der Waals surface area contributed by atoms with Crippen LogP contribution >= 0.6 is 0 Å². The van der Waals surface area contributed by atoms with Crippen molar-refractivity contribution in [3.8, 4) is 0 Å². The van der Waals surface area contributed by atoms with Gasteiger partial charge in [0.2, 0.25) is 0 Å². The van der Waals surface area contributed by atoms with E-state index in [1.807, 2.05) is 6.92 Å². The van der Waals surface area contributed by atoms with E-state index in [9.17, 15) is 9.59 Å². The van der Waals surface area contributed by atoms with Crippen molar-refractivity contribution in [2.45, 2.75) is 51.7 Å². The number of H-pyrrole nitrogens is 1. The maximum atomic E-state index is 12.0. The fraction of sp³-hybridized carbons (Fsp3) is 0.714. The molecule has 7 heteroatoms. The quantitative estimate of drug-likeness (QED) is 0.748. The van der Waals surface area contributed by atoms with Gasteiger partial charge in [-0.15, -0.1) is 0 Å². The van der Waals surface area contributed by atoms with Gasteiger partial charge in [0.15, 0.2) is 0 Å². The molecule has 118 valence electrons. The lowest BCUT2D eigenvalue weighted by Crippen LogP contribution is -2.44. The lowest BCUT2D eigenvalue weighted by molar-refractivity contribution is 0.190. The van der Waals surface area contributed by atoms with Crippen molar-refractivity contribution in [2.24, 2.45) is 0 Å². The standard InChI is InChI=1S/C14H25N5O2/c1-4-6-19-12(15)11(13(20)17-14(19)21)16-10-5-7-18(3)9(2)8-10/h9-10,16H,4-8,15H2,1-3H3,(H,17,20,21). The molecular weight excluding hydrogens is 270 g/mol. The van der Waals surface area contributed by atoms with Gasteiger partial charge in [0.1, 0.15) is 11.5 Å². The Balaban J connectivity index is 2.26. The normalized spacial score (nSPS) is 23.2. The number of aromatic nitrogens is 2. The molecule has 7 nitrogen and oxygen atoms in total. The highest BCUT2D eigenvalue weighted by Gasteiger charge is 2.24. The molecule has 0 amide bonds. The van der Waals surface area contributed by atoms with Crippen molar-refractivity contribution in [1.82, 2.24) is 14.5 Å². The van der Waals surface area contributed by atoms with Crippen molar-refractivity contribution in [1.29, 1.82) is 0 Å². The third-order valence-electron chi connectivity index (χ3n) is 4.24. The molecule has 1 aromatic rings. The van der Waals surface area contributed by atoms with E-state index in [0.717, 1.165) is 25.8 Å². The zero-order chi connectivity index (χ0) is 15.6. The molecule has 2 atom stereocenters. The van der Waals surface area contributed by atoms with Crippen molar-refractivity contribution < 1.29 is 0 Å². The summed E-state index contributed by atoms with van der Waals surface area (Å²) in [5, 5.41) is 3.24. The van der Waals surface area contributed by atoms with E-state index >= 15 is 0 Å². The van der Waals surface area contributed by atoms with Crippen molar-refractivity contribution in [3.63, 3.8) is 0 Å². The van der Waals surface area contributed by atoms with Gasteiger partial charge in [0.25, 0.3) is 5.56 Å². The lowest BCUT2D eigenvalue weighted by atomic mass is 9.99. The first-order valence-electron chi connectivity index (χ1n) is 7.53. The van der Waals surface area contributed by atoms with Crippen LogP contribution in [0.1, 0.15) is 33.1 Å². The van der Waals surface area contributed by atoms with Gasteiger partial charge in [-0.1, -0.05) is 6.92 Å². The number of hydrogen-bond acceptors (Lipinski definition) is 5. The minimum absolute atomic E-state index is 0.201. The number of nitrogens with zero attached hydrogens (tertiary/aromatic N) is 2. The van der Waals surface area contributed by atoms with Gasteiger partial charge >= 0.3 is 5.69 Å². The zero-order valence-electron chi connectivity index (χ0n) is 13.0. The molecule has 0 aromatic carbocycles. The summed E-state index contributed by atoms with van der Waals surface area (Å²) in [5.74, 6) is 0.234. The van der Waals surface area contributed by atoms with E-state index in [4.69, 9.17) is 5.73 Å². The smallest absolute Gasteiger partial charge is 0.330 e. The van der Waals surface area contributed by atoms with Crippen LogP contribution in [0.4, 0.5) is 11.5 Å². The van der Waals surface area contributed by atoms with Gasteiger partial charge in [0.05, 0.1) is 0 Å². The first-order chi connectivity index (χ1) is 9.93. The first kappa shape index (κ1) is 15.6. The Morgan fingerprint density at radius 1 is 1.43 bits per heavy atom. The van der Waals surface area contributed by atoms with E-state index < -0.39 is 11.2 Å². The zero-order valence-corrected chi connectivity index (χ0v) is 13.0. The van der Waals surface area contributed by atoms with Crippen LogP contribution in [-0.4, -0.2) is 40.1 Å². The molecule has 0 bridgehead atoms. The Hall–Kier alpha value is -1.76. The topological polar surface area (TPSA) is 96.2 Å². The first-order valence-corrected chi connectivity index (χ1v) is 7.53. The summed E-state index contributed by atoms with van der Waals surface area (Å²) >= 11 is 0. The van der Waals surface area contributed by atoms with Crippen LogP contribution in [0.15, 0.2) is 9.59 Å². The summed E-state index contributed by atoms with van der Waals surface area (Å²) in [4.78, 5) is 28.4. The number of anilines is 2. The monoisotopic (exact) mass is 295 g/mol. The van der Waals surface area contributed by atoms with E-state index in [-0.39, 0.29) is 11.9 Å². The molecule has 1 fully saturated rings. The molecule has 0 aliphatic carbocycles. The van der Waals surface area contributed by atoms with Gasteiger partial charge in [-0.25, -0.2) is 4.79 Å². The molecule has 2 heterocycles. The third-order valence-corrected chi connectivity index (χ3v) is 4.24. The summed E-state index contributed by atoms with van der Waals surface area (Å²) in [7, 11) is 2.10. The van der Waals surface area contributed by atoms with Crippen LogP contribution in [0.5, 0.6) is 0 Å². The minimum Gasteiger partial charge on any atom is -0.383 e. The van der Waals surface area contributed by atoms with Crippen molar-refractivity contribution >= 4 is 11.5 Å². The molecule has 4 N–H and O–H groups in total. The number of likely N-dealkylation sites (tertiary alicyclic amines) is 1. The van der Waals surface area contributed by atoms with Crippen LogP contribution in [0.2, 0.25) is 0 Å². The van der Waals surface area contributed by atoms with E-state index in [2.05, 4.69) is 29.2 Å². The molecule has 1 aliphatic rings. The van der Waals surface area contributed by atoms with E-state index in [1.165, 1.54) is 4.57 Å². The minimum atomic E-state index is -0.443. The van der Waals surface area contributed by atoms with Gasteiger partial charge in [-0.2, -0.15) is 0 Å². The lowest BCUT2D eigenvalue weighted by Gasteiger charge is -2.35. The van der Waals surface area contributed by atoms with Crippen LogP contribution < -0.4 is 22.3 Å². The average molecular weight is 295 g/mol. The number of piperidine rings is 1. The second-order valence-electron chi connectivity index (χ2n) is 5.87. The largest absolute Gasteiger partial charge is 0.383 e. The number of aromatic amines is 1. The third kappa shape index (κ3) is 3.29. The second-order valence-corrected chi connectivity index (χ2v) is 5.87. The number of nitrogens with two attached hydrogens (primary N) is 1. The Bertz CT molecular complexity index is 606. The Morgan fingerprint density at radius 3 is 2.76 bits per heavy atom. The maximum Gasteiger partial charge on any atom is 0.330 e. The molecular formula is C14H25N5O2. The van der Waals surface area contributed by atoms with Crippen molar-refractivity contribution in [3.05, 3.63) is 20.8 Å². The predicted molar refractivity (Wildman–Crippen MR) is 84.8 cm³/mol. The fourth-order valence-electron chi connectivity index (χ4n) is 2.80. The molecule has 1 aromatic heterocycles. The number of nitrogen functional groups attached to an aromatic ring is 1. The highest BCUT2D eigenvalue weighted by atomic mass is 16.2. The van der Waals surface area contributed by atoms with Crippen LogP contribution in [0.3, 0.4) is 0 Å². The number of hydrogen-bond donors (Lipinski definition) is 3. The van der Waals surface area contributed by atoms with Crippen LogP contribution in [0.25, 0.3) is 0 Å². The SMILES string of the molecule is CCCn1c(N)c(NC2CCN(C)C(C)C2)c(=O)[nH]c1=O. The highest BCUT2D eigenvalue weighted by Crippen LogP contribution is 2.20. The summed E-state index contributed by atoms with van der Waals surface area (Å²) in [6, 6.07) is 0.658. The fourth-order valence-corrected chi connectivity index (χ4v) is 2.80. The molecule has 0 spiro atoms. The molecule has 2 rings (SSSR count). The van der Waals surface area contributed by atoms with Crippen LogP contribution in [0, 0.1) is 0 Å². The summed E-state index contributed by atoms with van der Waals surface area (Å²) in [5.41, 5.74) is 5.47. The van der Waals surface area contributed by atoms with E-state index in [0.29, 0.717) is 18.3 Å². The maximum absolute atomic E-state index is 12.0. The summed E-state index contributed by atoms with van der Waals surface area (Å²) in [6.07, 6.45) is 2.68. The molecule has 1 saturated heterocycles. The van der Waals surface area contributed by atoms with Crippen LogP contribution in [-0.2, 0) is 6.54 Å². The number of nitrogens with one attached hydrogen (secondary N) is 2. The Labute approximate surface area is 124 Å². The summed E-state index contributed by atoms with van der Waals surface area (Å²) < 4.78 is 1.42. The van der Waals surface area contributed by atoms with Gasteiger partial charge in [0, 0.05) is 25.2 Å². The molecule has 0 radical (unpaired) electrons. The van der Waals surface area contributed by atoms with Gasteiger partial charge in [-0.05, 0) is 33.2 Å². The Morgan fingerprint density at radius 2 is 2.14 bits per heavy atom. The van der Waals surface area contributed by atoms with Gasteiger partial charge in [-0.3, -0.25) is 14.3 Å². The Kier molecular flexibility index (Phi) is 4.72. The number of rotatable bonds is 4. The summed E-state index contributed by atoms with van der Waals surface area (Å²) in [6.45, 7) is 5.60.